The van der Waals surface area contributed by atoms with E-state index in [1.807, 2.05) is 11.3 Å². The quantitative estimate of drug-likeness (QED) is 0.786. The van der Waals surface area contributed by atoms with Gasteiger partial charge in [-0.1, -0.05) is 0 Å². The zero-order valence-electron chi connectivity index (χ0n) is 10.2. The fourth-order valence-corrected chi connectivity index (χ4v) is 3.76. The Kier molecular flexibility index (Phi) is 5.98. The van der Waals surface area contributed by atoms with Gasteiger partial charge in [0.1, 0.15) is 0 Å². The van der Waals surface area contributed by atoms with Gasteiger partial charge in [-0.3, -0.25) is 0 Å². The highest BCUT2D eigenvalue weighted by Crippen LogP contribution is 2.20. The van der Waals surface area contributed by atoms with E-state index in [2.05, 4.69) is 38.0 Å². The second-order valence-corrected chi connectivity index (χ2v) is 6.66. The van der Waals surface area contributed by atoms with Gasteiger partial charge in [-0.05, 0) is 73.2 Å². The average Bonchev–Trinajstić information content (AvgIpc) is 2.76. The molecule has 0 atom stereocenters. The molecule has 2 nitrogen and oxygen atoms in total. The lowest BCUT2D eigenvalue weighted by Gasteiger charge is -2.22. The first-order chi connectivity index (χ1) is 8.34. The largest absolute Gasteiger partial charge is 0.317 e. The highest BCUT2D eigenvalue weighted by atomic mass is 79.9. The minimum Gasteiger partial charge on any atom is -0.317 e. The fourth-order valence-electron chi connectivity index (χ4n) is 2.34. The number of rotatable bonds is 6. The molecule has 0 spiro atoms. The molecule has 1 saturated heterocycles. The van der Waals surface area contributed by atoms with Gasteiger partial charge in [0.05, 0.1) is 0 Å². The summed E-state index contributed by atoms with van der Waals surface area (Å²) in [5.74, 6) is 0.967. The molecule has 0 saturated carbocycles. The third kappa shape index (κ3) is 5.08. The summed E-state index contributed by atoms with van der Waals surface area (Å²) in [7, 11) is 0. The number of hydrogen-bond donors (Lipinski definition) is 2. The Bertz CT molecular complexity index is 321. The molecular weight excluding hydrogens is 296 g/mol. The minimum atomic E-state index is 0.967. The summed E-state index contributed by atoms with van der Waals surface area (Å²) >= 11 is 5.30. The summed E-state index contributed by atoms with van der Waals surface area (Å²) in [6.45, 7) is 4.62. The Labute approximate surface area is 116 Å². The molecule has 1 aromatic heterocycles. The second-order valence-electron chi connectivity index (χ2n) is 4.74. The van der Waals surface area contributed by atoms with E-state index in [4.69, 9.17) is 0 Å². The highest BCUT2D eigenvalue weighted by Gasteiger charge is 2.11. The van der Waals surface area contributed by atoms with Crippen molar-refractivity contribution in [3.8, 4) is 0 Å². The highest BCUT2D eigenvalue weighted by molar-refractivity contribution is 9.10. The van der Waals surface area contributed by atoms with Gasteiger partial charge in [-0.15, -0.1) is 11.3 Å². The molecule has 2 N–H and O–H groups in total. The molecule has 0 radical (unpaired) electrons. The Morgan fingerprint density at radius 1 is 1.41 bits per heavy atom. The Morgan fingerprint density at radius 3 is 2.94 bits per heavy atom. The molecule has 1 fully saturated rings. The van der Waals surface area contributed by atoms with Crippen molar-refractivity contribution in [3.63, 3.8) is 0 Å². The van der Waals surface area contributed by atoms with Crippen molar-refractivity contribution in [2.45, 2.75) is 32.2 Å². The van der Waals surface area contributed by atoms with Crippen molar-refractivity contribution in [2.75, 3.05) is 19.6 Å². The molecule has 2 heterocycles. The molecule has 0 aliphatic carbocycles. The van der Waals surface area contributed by atoms with Crippen LogP contribution >= 0.6 is 27.3 Å². The third-order valence-electron chi connectivity index (χ3n) is 3.35. The predicted octanol–water partition coefficient (Wildman–Crippen LogP) is 3.38. The smallest absolute Gasteiger partial charge is 0.0300 e. The van der Waals surface area contributed by atoms with E-state index in [9.17, 15) is 0 Å². The molecule has 0 unspecified atom stereocenters. The summed E-state index contributed by atoms with van der Waals surface area (Å²) in [5.41, 5.74) is 0. The first-order valence-electron chi connectivity index (χ1n) is 6.49. The average molecular weight is 317 g/mol. The molecule has 1 aliphatic heterocycles. The van der Waals surface area contributed by atoms with Crippen LogP contribution in [-0.4, -0.2) is 19.6 Å². The molecule has 96 valence electrons. The SMILES string of the molecule is Brc1csc(CNCCCC2CCNCC2)c1. The van der Waals surface area contributed by atoms with Crippen LogP contribution in [-0.2, 0) is 6.54 Å². The van der Waals surface area contributed by atoms with E-state index < -0.39 is 0 Å². The first-order valence-corrected chi connectivity index (χ1v) is 8.16. The second kappa shape index (κ2) is 7.52. The van der Waals surface area contributed by atoms with Crippen LogP contribution in [0.5, 0.6) is 0 Å². The maximum absolute atomic E-state index is 3.53. The summed E-state index contributed by atoms with van der Waals surface area (Å²) in [4.78, 5) is 1.42. The van der Waals surface area contributed by atoms with Gasteiger partial charge in [0.2, 0.25) is 0 Å². The molecule has 1 aromatic rings. The van der Waals surface area contributed by atoms with E-state index >= 15 is 0 Å². The van der Waals surface area contributed by atoms with E-state index in [-0.39, 0.29) is 0 Å². The van der Waals surface area contributed by atoms with Crippen LogP contribution in [0.4, 0.5) is 0 Å². The molecule has 4 heteroatoms. The lowest BCUT2D eigenvalue weighted by Crippen LogP contribution is -2.28. The van der Waals surface area contributed by atoms with Crippen molar-refractivity contribution in [1.82, 2.24) is 10.6 Å². The lowest BCUT2D eigenvalue weighted by molar-refractivity contribution is 0.344. The zero-order chi connectivity index (χ0) is 11.9. The molecule has 0 aromatic carbocycles. The monoisotopic (exact) mass is 316 g/mol. The van der Waals surface area contributed by atoms with Gasteiger partial charge in [0.25, 0.3) is 0 Å². The van der Waals surface area contributed by atoms with Gasteiger partial charge in [0, 0.05) is 21.3 Å². The number of thiophene rings is 1. The number of halogens is 1. The van der Waals surface area contributed by atoms with Crippen molar-refractivity contribution in [2.24, 2.45) is 5.92 Å². The standard InChI is InChI=1S/C13H21BrN2S/c14-12-8-13(17-10-12)9-16-5-1-2-11-3-6-15-7-4-11/h8,10-11,15-16H,1-7,9H2. The topological polar surface area (TPSA) is 24.1 Å². The van der Waals surface area contributed by atoms with E-state index in [0.717, 1.165) is 19.0 Å². The minimum absolute atomic E-state index is 0.967. The normalized spacial score (nSPS) is 17.5. The maximum atomic E-state index is 3.53. The number of nitrogens with one attached hydrogen (secondary N) is 2. The number of piperidine rings is 1. The lowest BCUT2D eigenvalue weighted by atomic mass is 9.93. The van der Waals surface area contributed by atoms with Crippen molar-refractivity contribution in [3.05, 3.63) is 20.8 Å². The van der Waals surface area contributed by atoms with Crippen LogP contribution in [0.3, 0.4) is 0 Å². The van der Waals surface area contributed by atoms with Crippen molar-refractivity contribution >= 4 is 27.3 Å². The van der Waals surface area contributed by atoms with Gasteiger partial charge in [-0.2, -0.15) is 0 Å². The maximum Gasteiger partial charge on any atom is 0.0300 e. The van der Waals surface area contributed by atoms with Gasteiger partial charge in [-0.25, -0.2) is 0 Å². The van der Waals surface area contributed by atoms with Crippen LogP contribution in [0.15, 0.2) is 15.9 Å². The van der Waals surface area contributed by atoms with Gasteiger partial charge < -0.3 is 10.6 Å². The van der Waals surface area contributed by atoms with Gasteiger partial charge in [0.15, 0.2) is 0 Å². The van der Waals surface area contributed by atoms with Crippen LogP contribution in [0, 0.1) is 5.92 Å². The van der Waals surface area contributed by atoms with Crippen LogP contribution < -0.4 is 10.6 Å². The Hall–Kier alpha value is 0.1000. The summed E-state index contributed by atoms with van der Waals surface area (Å²) < 4.78 is 1.20. The Balaban J connectivity index is 1.51. The van der Waals surface area contributed by atoms with Crippen molar-refractivity contribution < 1.29 is 0 Å². The molecular formula is C13H21BrN2S. The van der Waals surface area contributed by atoms with Crippen LogP contribution in [0.25, 0.3) is 0 Å². The molecule has 2 rings (SSSR count). The predicted molar refractivity (Wildman–Crippen MR) is 78.6 cm³/mol. The molecule has 1 aliphatic rings. The van der Waals surface area contributed by atoms with E-state index in [0.29, 0.717) is 0 Å². The summed E-state index contributed by atoms with van der Waals surface area (Å²) in [5, 5.41) is 9.09. The van der Waals surface area contributed by atoms with Crippen LogP contribution in [0.1, 0.15) is 30.6 Å². The molecule has 17 heavy (non-hydrogen) atoms. The first kappa shape index (κ1) is 13.5. The third-order valence-corrected chi connectivity index (χ3v) is 5.04. The van der Waals surface area contributed by atoms with Gasteiger partial charge >= 0.3 is 0 Å². The fraction of sp³-hybridized carbons (Fsp3) is 0.692. The summed E-state index contributed by atoms with van der Waals surface area (Å²) in [6.07, 6.45) is 5.45. The summed E-state index contributed by atoms with van der Waals surface area (Å²) in [6, 6.07) is 2.20. The van der Waals surface area contributed by atoms with E-state index in [1.165, 1.54) is 48.1 Å². The number of hydrogen-bond acceptors (Lipinski definition) is 3. The zero-order valence-corrected chi connectivity index (χ0v) is 12.6. The van der Waals surface area contributed by atoms with E-state index in [1.54, 1.807) is 0 Å². The molecule has 0 amide bonds. The Morgan fingerprint density at radius 2 is 2.24 bits per heavy atom. The molecule has 0 bridgehead atoms. The van der Waals surface area contributed by atoms with Crippen molar-refractivity contribution in [1.29, 1.82) is 0 Å². The van der Waals surface area contributed by atoms with Crippen LogP contribution in [0.2, 0.25) is 0 Å².